The number of amides is 2. The summed E-state index contributed by atoms with van der Waals surface area (Å²) in [7, 11) is -3.85. The Morgan fingerprint density at radius 2 is 1.85 bits per heavy atom. The maximum Gasteiger partial charge on any atom is 0.245 e. The molecule has 4 aliphatic rings. The van der Waals surface area contributed by atoms with Crippen molar-refractivity contribution in [2.75, 3.05) is 11.9 Å². The fraction of sp³-hybridized carbons (Fsp3) is 0.621. The molecule has 5 atom stereocenters. The maximum absolute atomic E-state index is 13.8. The van der Waals surface area contributed by atoms with Crippen LogP contribution in [-0.2, 0) is 24.4 Å². The van der Waals surface area contributed by atoms with Crippen molar-refractivity contribution >= 4 is 33.3 Å². The topological polar surface area (TPSA) is 133 Å². The number of rotatable bonds is 5. The van der Waals surface area contributed by atoms with Crippen molar-refractivity contribution in [2.24, 2.45) is 11.3 Å². The molecule has 1 aromatic rings. The molecule has 3 N–H and O–H groups in total. The summed E-state index contributed by atoms with van der Waals surface area (Å²) in [5, 5.41) is 13.8. The molecule has 2 aliphatic heterocycles. The Hall–Kier alpha value is -2.72. The van der Waals surface area contributed by atoms with Crippen molar-refractivity contribution in [3.8, 4) is 0 Å². The van der Waals surface area contributed by atoms with Crippen LogP contribution in [-0.4, -0.2) is 65.5 Å². The zero-order valence-electron chi connectivity index (χ0n) is 22.5. The number of anilines is 1. The lowest BCUT2D eigenvalue weighted by molar-refractivity contribution is -0.139. The van der Waals surface area contributed by atoms with Crippen molar-refractivity contribution in [1.29, 1.82) is 0 Å². The largest absolute Gasteiger partial charge is 0.391 e. The zero-order chi connectivity index (χ0) is 27.8. The van der Waals surface area contributed by atoms with Gasteiger partial charge in [-0.05, 0) is 63.5 Å². The minimum Gasteiger partial charge on any atom is -0.391 e. The van der Waals surface area contributed by atoms with Crippen LogP contribution in [0, 0.1) is 11.3 Å². The van der Waals surface area contributed by atoms with Gasteiger partial charge in [0.15, 0.2) is 5.78 Å². The second-order valence-electron chi connectivity index (χ2n) is 12.0. The average Bonchev–Trinajstić information content (AvgIpc) is 3.78. The van der Waals surface area contributed by atoms with E-state index in [0.717, 1.165) is 31.4 Å². The average molecular weight is 558 g/mol. The zero-order valence-corrected chi connectivity index (χ0v) is 23.3. The third kappa shape index (κ3) is 5.77. The molecule has 1 saturated heterocycles. The number of ketones is 1. The molecule has 0 radical (unpaired) electrons. The second kappa shape index (κ2) is 10.7. The highest BCUT2D eigenvalue weighted by Crippen LogP contribution is 2.57. The Bertz CT molecular complexity index is 1240. The lowest BCUT2D eigenvalue weighted by Crippen LogP contribution is -2.49. The van der Waals surface area contributed by atoms with E-state index in [4.69, 9.17) is 0 Å². The Morgan fingerprint density at radius 1 is 1.10 bits per heavy atom. The predicted octanol–water partition coefficient (Wildman–Crippen LogP) is 2.91. The van der Waals surface area contributed by atoms with E-state index < -0.39 is 44.3 Å². The molecule has 0 spiro atoms. The first-order valence-electron chi connectivity index (χ1n) is 14.1. The van der Waals surface area contributed by atoms with E-state index in [0.29, 0.717) is 25.7 Å². The number of nitrogens with zero attached hydrogens (tertiary/aromatic N) is 1. The number of hydrogen-bond donors (Lipinski definition) is 3. The number of carbonyl (C=O) groups is 3. The fourth-order valence-electron chi connectivity index (χ4n) is 5.95. The summed E-state index contributed by atoms with van der Waals surface area (Å²) in [5.41, 5.74) is -0.350. The predicted molar refractivity (Wildman–Crippen MR) is 147 cm³/mol. The molecule has 2 heterocycles. The van der Waals surface area contributed by atoms with Gasteiger partial charge >= 0.3 is 0 Å². The summed E-state index contributed by atoms with van der Waals surface area (Å²) in [5.74, 6) is -1.43. The molecular weight excluding hydrogens is 518 g/mol. The van der Waals surface area contributed by atoms with E-state index in [2.05, 4.69) is 10.0 Å². The van der Waals surface area contributed by atoms with E-state index in [1.54, 1.807) is 6.92 Å². The van der Waals surface area contributed by atoms with Crippen molar-refractivity contribution in [2.45, 2.75) is 94.1 Å². The highest BCUT2D eigenvalue weighted by Gasteiger charge is 2.62. The van der Waals surface area contributed by atoms with Gasteiger partial charge in [0, 0.05) is 25.1 Å². The molecule has 0 aromatic heterocycles. The maximum atomic E-state index is 13.8. The van der Waals surface area contributed by atoms with Crippen LogP contribution in [0.15, 0.2) is 42.5 Å². The van der Waals surface area contributed by atoms with E-state index in [1.165, 1.54) is 4.90 Å². The number of aliphatic hydroxyl groups excluding tert-OH is 1. The van der Waals surface area contributed by atoms with Gasteiger partial charge in [0.2, 0.25) is 21.8 Å². The molecule has 9 nitrogen and oxygen atoms in total. The molecular formula is C29H39N3O6S. The van der Waals surface area contributed by atoms with Crippen LogP contribution in [0.2, 0.25) is 0 Å². The number of hydrogen-bond acceptors (Lipinski definition) is 7. The summed E-state index contributed by atoms with van der Waals surface area (Å²) in [6, 6.07) is 8.04. The SMILES string of the molecule is CC1(S(=O)(=O)NC(=O)[C@]23CC(=O)[C@@H]4C[C@@H](O)CN4C(=O)[C@@H](Nc4ccccc4)CCCCC/C=C\[C@@H]2C3)CC1. The number of nitrogens with one attached hydrogen (secondary N) is 2. The lowest BCUT2D eigenvalue weighted by atomic mass is 9.91. The number of sulfonamides is 1. The van der Waals surface area contributed by atoms with Gasteiger partial charge in [0.1, 0.15) is 6.04 Å². The first-order chi connectivity index (χ1) is 18.5. The van der Waals surface area contributed by atoms with Crippen LogP contribution < -0.4 is 10.0 Å². The molecule has 5 rings (SSSR count). The Kier molecular flexibility index (Phi) is 7.63. The number of allylic oxidation sites excluding steroid dienone is 2. The van der Waals surface area contributed by atoms with Crippen molar-refractivity contribution in [3.05, 3.63) is 42.5 Å². The molecule has 0 unspecified atom stereocenters. The normalized spacial score (nSPS) is 33.6. The molecule has 2 aliphatic carbocycles. The first-order valence-corrected chi connectivity index (χ1v) is 15.6. The van der Waals surface area contributed by atoms with Crippen LogP contribution >= 0.6 is 0 Å². The number of Topliss-reactive ketones (excluding diaryl/α,β-unsaturated/α-hetero) is 1. The third-order valence-corrected chi connectivity index (χ3v) is 11.1. The molecule has 0 bridgehead atoms. The van der Waals surface area contributed by atoms with Gasteiger partial charge in [0.25, 0.3) is 0 Å². The number of benzene rings is 1. The molecule has 39 heavy (non-hydrogen) atoms. The van der Waals surface area contributed by atoms with Crippen molar-refractivity contribution in [1.82, 2.24) is 9.62 Å². The highest BCUT2D eigenvalue weighted by atomic mass is 32.2. The Morgan fingerprint density at radius 3 is 2.56 bits per heavy atom. The smallest absolute Gasteiger partial charge is 0.245 e. The Balaban J connectivity index is 1.40. The minimum atomic E-state index is -3.85. The van der Waals surface area contributed by atoms with E-state index in [9.17, 15) is 27.9 Å². The van der Waals surface area contributed by atoms with Crippen LogP contribution in [0.3, 0.4) is 0 Å². The van der Waals surface area contributed by atoms with Crippen LogP contribution in [0.25, 0.3) is 0 Å². The van der Waals surface area contributed by atoms with Gasteiger partial charge < -0.3 is 15.3 Å². The van der Waals surface area contributed by atoms with E-state index in [-0.39, 0.29) is 37.0 Å². The van der Waals surface area contributed by atoms with Gasteiger partial charge in [-0.3, -0.25) is 19.1 Å². The lowest BCUT2D eigenvalue weighted by Gasteiger charge is -2.30. The number of carbonyl (C=O) groups excluding carboxylic acids is 3. The summed E-state index contributed by atoms with van der Waals surface area (Å²) >= 11 is 0. The monoisotopic (exact) mass is 557 g/mol. The number of aliphatic hydroxyl groups is 1. The van der Waals surface area contributed by atoms with Gasteiger partial charge in [-0.25, -0.2) is 8.42 Å². The van der Waals surface area contributed by atoms with Gasteiger partial charge in [-0.1, -0.05) is 43.2 Å². The molecule has 1 aromatic carbocycles. The van der Waals surface area contributed by atoms with Crippen molar-refractivity contribution in [3.63, 3.8) is 0 Å². The van der Waals surface area contributed by atoms with Crippen LogP contribution in [0.5, 0.6) is 0 Å². The Labute approximate surface area is 230 Å². The summed E-state index contributed by atoms with van der Waals surface area (Å²) in [6.07, 6.45) is 8.53. The number of para-hydroxylation sites is 1. The van der Waals surface area contributed by atoms with Gasteiger partial charge in [0.05, 0.1) is 22.3 Å². The van der Waals surface area contributed by atoms with Gasteiger partial charge in [-0.2, -0.15) is 0 Å². The van der Waals surface area contributed by atoms with Gasteiger partial charge in [-0.15, -0.1) is 0 Å². The molecule has 3 fully saturated rings. The van der Waals surface area contributed by atoms with Crippen LogP contribution in [0.1, 0.15) is 71.1 Å². The van der Waals surface area contributed by atoms with Crippen molar-refractivity contribution < 1.29 is 27.9 Å². The molecule has 2 saturated carbocycles. The molecule has 212 valence electrons. The summed E-state index contributed by atoms with van der Waals surface area (Å²) in [4.78, 5) is 42.5. The minimum absolute atomic E-state index is 0.0530. The third-order valence-electron chi connectivity index (χ3n) is 8.98. The second-order valence-corrected chi connectivity index (χ2v) is 14.2. The molecule has 10 heteroatoms. The summed E-state index contributed by atoms with van der Waals surface area (Å²) in [6.45, 7) is 1.67. The fourth-order valence-corrected chi connectivity index (χ4v) is 7.29. The van der Waals surface area contributed by atoms with Crippen LogP contribution in [0.4, 0.5) is 5.69 Å². The molecule has 2 amide bonds. The standard InChI is InChI=1S/C29H39N3O6S/c1-28(14-15-28)39(37,38)31-27(36)29-17-20(29)10-6-3-2-4-9-13-23(30-21-11-7-5-8-12-21)26(35)32-19-22(33)16-24(32)25(34)18-29/h5-8,10-12,20,22-24,30,33H,2-4,9,13-19H2,1H3,(H,31,36)/b10-6-/t20-,22-,23+,24+,29-/m1/s1. The number of fused-ring (bicyclic) bond motifs is 2. The highest BCUT2D eigenvalue weighted by molar-refractivity contribution is 7.91. The first kappa shape index (κ1) is 27.8. The summed E-state index contributed by atoms with van der Waals surface area (Å²) < 4.78 is 27.0. The van der Waals surface area contributed by atoms with E-state index in [1.807, 2.05) is 42.5 Å². The quantitative estimate of drug-likeness (QED) is 0.474. The van der Waals surface area contributed by atoms with E-state index >= 15 is 0 Å².